The predicted octanol–water partition coefficient (Wildman–Crippen LogP) is 2.96. The lowest BCUT2D eigenvalue weighted by Gasteiger charge is -2.34. The molecule has 3 fully saturated rings. The second kappa shape index (κ2) is 7.47. The Balaban J connectivity index is 1.56. The van der Waals surface area contributed by atoms with E-state index in [1.165, 1.54) is 0 Å². The molecular weight excluding hydrogens is 401 g/mol. The van der Waals surface area contributed by atoms with Crippen molar-refractivity contribution in [2.75, 3.05) is 31.1 Å². The Bertz CT molecular complexity index is 799. The van der Waals surface area contributed by atoms with Crippen LogP contribution in [0.1, 0.15) is 32.3 Å². The summed E-state index contributed by atoms with van der Waals surface area (Å²) in [6.45, 7) is 5.75. The van der Waals surface area contributed by atoms with Gasteiger partial charge >= 0.3 is 12.3 Å². The fourth-order valence-electron chi connectivity index (χ4n) is 4.53. The van der Waals surface area contributed by atoms with Crippen molar-refractivity contribution in [3.05, 3.63) is 17.7 Å². The van der Waals surface area contributed by atoms with Gasteiger partial charge in [0.2, 0.25) is 5.88 Å². The molecule has 1 aromatic heterocycles. The molecule has 3 heterocycles. The van der Waals surface area contributed by atoms with E-state index >= 15 is 0 Å². The largest absolute Gasteiger partial charge is 0.474 e. The minimum Gasteiger partial charge on any atom is -0.474 e. The van der Waals surface area contributed by atoms with Crippen LogP contribution < -0.4 is 20.3 Å². The van der Waals surface area contributed by atoms with Crippen LogP contribution in [0, 0.1) is 17.8 Å². The summed E-state index contributed by atoms with van der Waals surface area (Å²) in [4.78, 5) is 17.6. The van der Waals surface area contributed by atoms with Crippen LogP contribution in [0.25, 0.3) is 0 Å². The van der Waals surface area contributed by atoms with E-state index in [4.69, 9.17) is 4.74 Å². The number of nitrogens with one attached hydrogen (secondary N) is 2. The highest BCUT2D eigenvalue weighted by molar-refractivity contribution is 5.66. The van der Waals surface area contributed by atoms with E-state index in [9.17, 15) is 23.1 Å². The Hall–Kier alpha value is -2.23. The lowest BCUT2D eigenvalue weighted by molar-refractivity contribution is -0.179. The minimum absolute atomic E-state index is 0.0147. The number of anilines is 1. The molecule has 3 N–H and O–H groups in total. The Morgan fingerprint density at radius 3 is 2.43 bits per heavy atom. The molecule has 1 aliphatic carbocycles. The highest BCUT2D eigenvalue weighted by atomic mass is 19.4. The van der Waals surface area contributed by atoms with Crippen LogP contribution in [-0.4, -0.2) is 54.6 Å². The first-order chi connectivity index (χ1) is 14.0. The zero-order valence-corrected chi connectivity index (χ0v) is 17.0. The van der Waals surface area contributed by atoms with E-state index in [-0.39, 0.29) is 32.0 Å². The summed E-state index contributed by atoms with van der Waals surface area (Å²) in [6, 6.07) is 3.47. The van der Waals surface area contributed by atoms with Gasteiger partial charge in [0.15, 0.2) is 0 Å². The smallest absolute Gasteiger partial charge is 0.405 e. The molecule has 0 aromatic carbocycles. The first kappa shape index (κ1) is 21.0. The van der Waals surface area contributed by atoms with E-state index in [1.54, 1.807) is 26.0 Å². The van der Waals surface area contributed by atoms with Crippen LogP contribution in [0.3, 0.4) is 0 Å². The Labute approximate surface area is 173 Å². The topological polar surface area (TPSA) is 86.7 Å². The first-order valence-corrected chi connectivity index (χ1v) is 10.3. The van der Waals surface area contributed by atoms with Gasteiger partial charge in [0.05, 0.1) is 11.5 Å². The van der Waals surface area contributed by atoms with Crippen molar-refractivity contribution in [1.82, 2.24) is 15.6 Å². The summed E-state index contributed by atoms with van der Waals surface area (Å²) < 4.78 is 45.2. The molecule has 1 amide bonds. The molecule has 1 unspecified atom stereocenters. The number of pyridine rings is 1. The van der Waals surface area contributed by atoms with Crippen LogP contribution in [0.15, 0.2) is 12.1 Å². The van der Waals surface area contributed by atoms with Gasteiger partial charge < -0.3 is 25.4 Å². The van der Waals surface area contributed by atoms with Gasteiger partial charge in [0.1, 0.15) is 11.9 Å². The van der Waals surface area contributed by atoms with Gasteiger partial charge in [-0.05, 0) is 38.3 Å². The Kier molecular flexibility index (Phi) is 5.24. The molecule has 166 valence electrons. The summed E-state index contributed by atoms with van der Waals surface area (Å²) in [6.07, 6.45) is -5.23. The first-order valence-electron chi connectivity index (χ1n) is 10.3. The van der Waals surface area contributed by atoms with Crippen molar-refractivity contribution in [2.24, 2.45) is 17.8 Å². The van der Waals surface area contributed by atoms with Gasteiger partial charge in [-0.2, -0.15) is 18.2 Å². The molecule has 7 nitrogen and oxygen atoms in total. The lowest BCUT2D eigenvalue weighted by atomic mass is 9.94. The number of carboxylic acid groups (broad SMARTS) is 1. The molecule has 1 saturated carbocycles. The second-order valence-corrected chi connectivity index (χ2v) is 8.98. The molecule has 0 spiro atoms. The van der Waals surface area contributed by atoms with Gasteiger partial charge in [0.25, 0.3) is 0 Å². The zero-order valence-electron chi connectivity index (χ0n) is 17.0. The zero-order chi connectivity index (χ0) is 21.7. The van der Waals surface area contributed by atoms with Gasteiger partial charge in [0, 0.05) is 44.1 Å². The van der Waals surface area contributed by atoms with Crippen LogP contribution in [-0.2, 0) is 5.54 Å². The van der Waals surface area contributed by atoms with Crippen molar-refractivity contribution < 1.29 is 27.8 Å². The maximum atomic E-state index is 13.0. The monoisotopic (exact) mass is 428 g/mol. The summed E-state index contributed by atoms with van der Waals surface area (Å²) in [5.41, 5.74) is -0.251. The highest BCUT2D eigenvalue weighted by Gasteiger charge is 2.55. The molecule has 0 radical (unpaired) electrons. The SMILES string of the molecule is CC(C)(NC(=O)O)c1cc(OC2[C@H]3CNC[C@@H]23)nc(N2CCC(C(F)(F)F)CC2)c1. The number of hydrogen-bond acceptors (Lipinski definition) is 5. The van der Waals surface area contributed by atoms with Crippen molar-refractivity contribution in [3.8, 4) is 5.88 Å². The number of nitrogens with zero attached hydrogens (tertiary/aromatic N) is 2. The molecule has 30 heavy (non-hydrogen) atoms. The number of carbonyl (C=O) groups is 1. The molecule has 1 aromatic rings. The summed E-state index contributed by atoms with van der Waals surface area (Å²) in [5.74, 6) is 0.515. The minimum atomic E-state index is -4.18. The number of halogens is 3. The highest BCUT2D eigenvalue weighted by Crippen LogP contribution is 2.45. The number of piperidine rings is 2. The molecule has 2 aliphatic heterocycles. The normalized spacial score (nSPS) is 27.0. The van der Waals surface area contributed by atoms with Crippen molar-refractivity contribution in [2.45, 2.75) is 44.5 Å². The Morgan fingerprint density at radius 2 is 1.87 bits per heavy atom. The van der Waals surface area contributed by atoms with Gasteiger partial charge in [-0.1, -0.05) is 0 Å². The summed E-state index contributed by atoms with van der Waals surface area (Å²) in [7, 11) is 0. The molecule has 2 saturated heterocycles. The maximum absolute atomic E-state index is 13.0. The van der Waals surface area contributed by atoms with E-state index in [1.807, 2.05) is 4.90 Å². The number of rotatable bonds is 5. The average Bonchev–Trinajstić information content (AvgIpc) is 3.08. The Morgan fingerprint density at radius 1 is 1.23 bits per heavy atom. The maximum Gasteiger partial charge on any atom is 0.405 e. The van der Waals surface area contributed by atoms with Gasteiger partial charge in [-0.15, -0.1) is 0 Å². The van der Waals surface area contributed by atoms with Crippen LogP contribution in [0.2, 0.25) is 0 Å². The number of amides is 1. The summed E-state index contributed by atoms with van der Waals surface area (Å²) >= 11 is 0. The number of fused-ring (bicyclic) bond motifs is 1. The van der Waals surface area contributed by atoms with Crippen LogP contribution in [0.5, 0.6) is 5.88 Å². The van der Waals surface area contributed by atoms with E-state index < -0.39 is 23.7 Å². The fourth-order valence-corrected chi connectivity index (χ4v) is 4.53. The standard InChI is InChI=1S/C20H27F3N4O3/c1-19(2,26-18(28)29)12-7-15(27-5-3-11(4-6-27)20(21,22)23)25-16(8-12)30-17-13-9-24-10-14(13)17/h7-8,11,13-14,17,24,26H,3-6,9-10H2,1-2H3,(H,28,29)/t13-,14+,17?. The molecule has 10 heteroatoms. The second-order valence-electron chi connectivity index (χ2n) is 8.98. The van der Waals surface area contributed by atoms with Crippen molar-refractivity contribution in [3.63, 3.8) is 0 Å². The van der Waals surface area contributed by atoms with E-state index in [2.05, 4.69) is 15.6 Å². The number of ether oxygens (including phenoxy) is 1. The number of aromatic nitrogens is 1. The van der Waals surface area contributed by atoms with Crippen molar-refractivity contribution >= 4 is 11.9 Å². The third kappa shape index (κ3) is 4.28. The van der Waals surface area contributed by atoms with E-state index in [0.717, 1.165) is 13.1 Å². The lowest BCUT2D eigenvalue weighted by Crippen LogP contribution is -2.41. The molecular formula is C20H27F3N4O3. The predicted molar refractivity (Wildman–Crippen MR) is 104 cm³/mol. The summed E-state index contributed by atoms with van der Waals surface area (Å²) in [5, 5.41) is 15.0. The molecule has 3 atom stereocenters. The van der Waals surface area contributed by atoms with Gasteiger partial charge in [-0.25, -0.2) is 4.79 Å². The fraction of sp³-hybridized carbons (Fsp3) is 0.700. The molecule has 0 bridgehead atoms. The van der Waals surface area contributed by atoms with Crippen LogP contribution in [0.4, 0.5) is 23.8 Å². The third-order valence-corrected chi connectivity index (χ3v) is 6.48. The molecule has 3 aliphatic rings. The van der Waals surface area contributed by atoms with Gasteiger partial charge in [-0.3, -0.25) is 0 Å². The molecule has 4 rings (SSSR count). The number of alkyl halides is 3. The van der Waals surface area contributed by atoms with Crippen molar-refractivity contribution in [1.29, 1.82) is 0 Å². The average molecular weight is 428 g/mol. The third-order valence-electron chi connectivity index (χ3n) is 6.48. The number of hydrogen-bond donors (Lipinski definition) is 3. The van der Waals surface area contributed by atoms with E-state index in [0.29, 0.717) is 29.1 Å². The quantitative estimate of drug-likeness (QED) is 0.669. The van der Waals surface area contributed by atoms with Crippen LogP contribution >= 0.6 is 0 Å².